The minimum Gasteiger partial charge on any atom is -0.494 e. The molecule has 0 saturated heterocycles. The van der Waals surface area contributed by atoms with Gasteiger partial charge in [-0.15, -0.1) is 21.8 Å². The molecule has 1 aromatic carbocycles. The fourth-order valence-corrected chi connectivity index (χ4v) is 5.40. The van der Waals surface area contributed by atoms with E-state index in [1.807, 2.05) is 0 Å². The van der Waals surface area contributed by atoms with Crippen molar-refractivity contribution in [3.63, 3.8) is 0 Å². The van der Waals surface area contributed by atoms with Gasteiger partial charge >= 0.3 is 0 Å². The van der Waals surface area contributed by atoms with E-state index in [4.69, 9.17) is 9.47 Å². The molecule has 1 aliphatic rings. The zero-order chi connectivity index (χ0) is 17.0. The van der Waals surface area contributed by atoms with Gasteiger partial charge in [0.2, 0.25) is 0 Å². The summed E-state index contributed by atoms with van der Waals surface area (Å²) in [5.74, 6) is 1.73. The predicted octanol–water partition coefficient (Wildman–Crippen LogP) is 5.63. The Labute approximate surface area is 163 Å². The molecule has 0 amide bonds. The van der Waals surface area contributed by atoms with Gasteiger partial charge in [-0.3, -0.25) is 0 Å². The minimum atomic E-state index is 0.190. The molecule has 1 aliphatic carbocycles. The van der Waals surface area contributed by atoms with Crippen LogP contribution in [0.1, 0.15) is 69.8 Å². The lowest BCUT2D eigenvalue weighted by atomic mass is 9.83. The van der Waals surface area contributed by atoms with Gasteiger partial charge < -0.3 is 9.47 Å². The van der Waals surface area contributed by atoms with Crippen LogP contribution in [0.15, 0.2) is 24.3 Å². The standard InChI is InChI=1S/C20H33IO2Si/c1-2-3-4-14-22-19-10-6-17(7-11-19)18-8-12-20(13-9-18)23-15-5-16-24-21/h6-7,10-11,18,20H,2-5,8-9,12-16,24H2,1H3/t18-,20-. The maximum absolute atomic E-state index is 6.05. The summed E-state index contributed by atoms with van der Waals surface area (Å²) in [7, 11) is 0.190. The highest BCUT2D eigenvalue weighted by Crippen LogP contribution is 2.34. The van der Waals surface area contributed by atoms with Crippen molar-refractivity contribution in [1.29, 1.82) is 0 Å². The maximum Gasteiger partial charge on any atom is 0.119 e. The zero-order valence-electron chi connectivity index (χ0n) is 15.1. The van der Waals surface area contributed by atoms with Crippen molar-refractivity contribution in [3.8, 4) is 5.75 Å². The monoisotopic (exact) mass is 460 g/mol. The van der Waals surface area contributed by atoms with Gasteiger partial charge in [0.25, 0.3) is 0 Å². The van der Waals surface area contributed by atoms with Crippen molar-refractivity contribution < 1.29 is 9.47 Å². The van der Waals surface area contributed by atoms with Crippen molar-refractivity contribution in [1.82, 2.24) is 0 Å². The Morgan fingerprint density at radius 1 is 1.00 bits per heavy atom. The zero-order valence-corrected chi connectivity index (χ0v) is 18.7. The van der Waals surface area contributed by atoms with Gasteiger partial charge in [-0.05, 0) is 62.1 Å². The fraction of sp³-hybridized carbons (Fsp3) is 0.700. The molecule has 2 nitrogen and oxygen atoms in total. The van der Waals surface area contributed by atoms with E-state index >= 15 is 0 Å². The van der Waals surface area contributed by atoms with Gasteiger partial charge in [-0.25, -0.2) is 0 Å². The Kier molecular flexibility index (Phi) is 10.4. The number of hydrogen-bond donors (Lipinski definition) is 0. The van der Waals surface area contributed by atoms with Crippen LogP contribution in [0.4, 0.5) is 0 Å². The molecule has 2 rings (SSSR count). The van der Waals surface area contributed by atoms with E-state index in [1.165, 1.54) is 56.6 Å². The lowest BCUT2D eigenvalue weighted by Crippen LogP contribution is -2.21. The third kappa shape index (κ3) is 7.44. The third-order valence-electron chi connectivity index (χ3n) is 4.92. The van der Waals surface area contributed by atoms with Gasteiger partial charge in [-0.1, -0.05) is 37.9 Å². The molecule has 1 aromatic rings. The Hall–Kier alpha value is -0.0731. The van der Waals surface area contributed by atoms with E-state index in [2.05, 4.69) is 53.0 Å². The second-order valence-electron chi connectivity index (χ2n) is 6.87. The predicted molar refractivity (Wildman–Crippen MR) is 114 cm³/mol. The summed E-state index contributed by atoms with van der Waals surface area (Å²) in [4.78, 5) is 0. The molecule has 1 saturated carbocycles. The minimum absolute atomic E-state index is 0.190. The van der Waals surface area contributed by atoms with Gasteiger partial charge in [0.1, 0.15) is 5.75 Å². The van der Waals surface area contributed by atoms with Crippen molar-refractivity contribution in [2.75, 3.05) is 13.2 Å². The van der Waals surface area contributed by atoms with Gasteiger partial charge in [-0.2, -0.15) is 0 Å². The number of benzene rings is 1. The Bertz CT molecular complexity index is 430. The molecule has 0 heterocycles. The summed E-state index contributed by atoms with van der Waals surface area (Å²) in [5.41, 5.74) is 1.48. The topological polar surface area (TPSA) is 18.5 Å². The van der Waals surface area contributed by atoms with Crippen molar-refractivity contribution in [2.45, 2.75) is 76.4 Å². The highest BCUT2D eigenvalue weighted by atomic mass is 127. The smallest absolute Gasteiger partial charge is 0.119 e. The van der Waals surface area contributed by atoms with Crippen LogP contribution < -0.4 is 4.74 Å². The van der Waals surface area contributed by atoms with Crippen molar-refractivity contribution in [2.24, 2.45) is 0 Å². The number of hydrogen-bond acceptors (Lipinski definition) is 2. The summed E-state index contributed by atoms with van der Waals surface area (Å²) < 4.78 is 11.9. The van der Waals surface area contributed by atoms with Crippen LogP contribution in [-0.2, 0) is 4.74 Å². The van der Waals surface area contributed by atoms with E-state index < -0.39 is 0 Å². The molecule has 0 N–H and O–H groups in total. The first kappa shape index (κ1) is 20.2. The Morgan fingerprint density at radius 3 is 2.42 bits per heavy atom. The first-order valence-electron chi connectivity index (χ1n) is 9.73. The summed E-state index contributed by atoms with van der Waals surface area (Å²) >= 11 is 2.58. The van der Waals surface area contributed by atoms with Crippen LogP contribution in [0.5, 0.6) is 5.75 Å². The quantitative estimate of drug-likeness (QED) is 0.185. The van der Waals surface area contributed by atoms with Crippen LogP contribution in [0.2, 0.25) is 6.04 Å². The van der Waals surface area contributed by atoms with Gasteiger partial charge in [0.15, 0.2) is 0 Å². The lowest BCUT2D eigenvalue weighted by molar-refractivity contribution is 0.0252. The molecule has 24 heavy (non-hydrogen) atoms. The molecule has 4 heteroatoms. The fourth-order valence-electron chi connectivity index (χ4n) is 3.39. The molecule has 0 spiro atoms. The Balaban J connectivity index is 1.68. The van der Waals surface area contributed by atoms with Crippen molar-refractivity contribution >= 4 is 28.8 Å². The summed E-state index contributed by atoms with van der Waals surface area (Å²) in [5, 5.41) is 0. The number of halogens is 1. The van der Waals surface area contributed by atoms with Gasteiger partial charge in [0, 0.05) is 6.61 Å². The lowest BCUT2D eigenvalue weighted by Gasteiger charge is -2.29. The van der Waals surface area contributed by atoms with Crippen LogP contribution in [0.25, 0.3) is 0 Å². The second kappa shape index (κ2) is 12.3. The average molecular weight is 460 g/mol. The SMILES string of the molecule is CCCCCOc1ccc([C@H]2CC[C@H](OCCC[SiH2]I)CC2)cc1. The van der Waals surface area contributed by atoms with Crippen LogP contribution in [-0.4, -0.2) is 26.3 Å². The van der Waals surface area contributed by atoms with Crippen LogP contribution >= 0.6 is 21.8 Å². The first-order chi connectivity index (χ1) is 11.8. The molecule has 1 fully saturated rings. The molecule has 0 aromatic heterocycles. The first-order valence-corrected chi connectivity index (χ1v) is 15.8. The van der Waals surface area contributed by atoms with E-state index in [9.17, 15) is 0 Å². The number of unbranched alkanes of at least 4 members (excludes halogenated alkanes) is 2. The van der Waals surface area contributed by atoms with Gasteiger partial charge in [0.05, 0.1) is 19.7 Å². The summed E-state index contributed by atoms with van der Waals surface area (Å²) in [6, 6.07) is 10.3. The maximum atomic E-state index is 6.05. The number of ether oxygens (including phenoxy) is 2. The summed E-state index contributed by atoms with van der Waals surface area (Å²) in [6.45, 7) is 4.05. The molecule has 0 unspecified atom stereocenters. The van der Waals surface area contributed by atoms with Crippen LogP contribution in [0, 0.1) is 0 Å². The van der Waals surface area contributed by atoms with Crippen LogP contribution in [0.3, 0.4) is 0 Å². The van der Waals surface area contributed by atoms with E-state index in [-0.39, 0.29) is 7.02 Å². The number of rotatable bonds is 11. The van der Waals surface area contributed by atoms with E-state index in [0.29, 0.717) is 12.0 Å². The molecule has 0 atom stereocenters. The van der Waals surface area contributed by atoms with E-state index in [1.54, 1.807) is 0 Å². The highest BCUT2D eigenvalue weighted by molar-refractivity contribution is 14.1. The molecule has 0 bridgehead atoms. The third-order valence-corrected chi connectivity index (χ3v) is 7.98. The normalized spacial score (nSPS) is 21.4. The molecule has 0 aliphatic heterocycles. The largest absolute Gasteiger partial charge is 0.494 e. The molecule has 136 valence electrons. The summed E-state index contributed by atoms with van der Waals surface area (Å²) in [6.07, 6.45) is 10.4. The van der Waals surface area contributed by atoms with E-state index in [0.717, 1.165) is 25.4 Å². The second-order valence-corrected chi connectivity index (χ2v) is 11.2. The molecular weight excluding hydrogens is 427 g/mol. The molecular formula is C20H33IO2Si. The Morgan fingerprint density at radius 2 is 1.75 bits per heavy atom. The van der Waals surface area contributed by atoms with Crippen molar-refractivity contribution in [3.05, 3.63) is 29.8 Å². The highest BCUT2D eigenvalue weighted by Gasteiger charge is 2.22. The molecule has 0 radical (unpaired) electrons. The average Bonchev–Trinajstić information content (AvgIpc) is 2.64.